The Morgan fingerprint density at radius 3 is 2.59 bits per heavy atom. The van der Waals surface area contributed by atoms with Crippen molar-refractivity contribution in [2.24, 2.45) is 0 Å². The van der Waals surface area contributed by atoms with Crippen LogP contribution in [0.15, 0.2) is 60.7 Å². The van der Waals surface area contributed by atoms with Crippen LogP contribution in [0.3, 0.4) is 0 Å². The molecule has 1 atom stereocenters. The van der Waals surface area contributed by atoms with E-state index in [1.54, 1.807) is 23.6 Å². The molecule has 0 saturated carbocycles. The van der Waals surface area contributed by atoms with Gasteiger partial charge in [-0.1, -0.05) is 24.3 Å². The summed E-state index contributed by atoms with van der Waals surface area (Å²) >= 11 is 0. The molecule has 0 fully saturated rings. The first-order chi connectivity index (χ1) is 17.7. The van der Waals surface area contributed by atoms with Crippen LogP contribution >= 0.6 is 0 Å². The highest BCUT2D eigenvalue weighted by molar-refractivity contribution is 6.05. The molecule has 0 aliphatic carbocycles. The Morgan fingerprint density at radius 2 is 1.84 bits per heavy atom. The van der Waals surface area contributed by atoms with E-state index < -0.39 is 5.97 Å². The monoisotopic (exact) mass is 498 g/mol. The molecule has 190 valence electrons. The van der Waals surface area contributed by atoms with E-state index in [9.17, 15) is 14.7 Å². The SMILES string of the molecule is Cc1ccc2c(c1)O[C@H](COc1ccc(C(=O)n3c(C)c(CC(=O)O)c4ccccc43)c(C)c1)CN2C. The van der Waals surface area contributed by atoms with E-state index in [-0.39, 0.29) is 18.4 Å². The second kappa shape index (κ2) is 9.65. The summed E-state index contributed by atoms with van der Waals surface area (Å²) in [4.78, 5) is 27.3. The van der Waals surface area contributed by atoms with Gasteiger partial charge in [-0.3, -0.25) is 14.2 Å². The number of aliphatic carboxylic acids is 1. The fourth-order valence-electron chi connectivity index (χ4n) is 5.08. The first-order valence-corrected chi connectivity index (χ1v) is 12.3. The minimum absolute atomic E-state index is 0.123. The Hall–Kier alpha value is -4.26. The Bertz CT molecular complexity index is 1520. The number of carboxylic acids is 1. The van der Waals surface area contributed by atoms with Crippen LogP contribution < -0.4 is 14.4 Å². The minimum Gasteiger partial charge on any atom is -0.490 e. The maximum absolute atomic E-state index is 13.6. The first kappa shape index (κ1) is 24.4. The smallest absolute Gasteiger partial charge is 0.307 e. The van der Waals surface area contributed by atoms with E-state index in [0.29, 0.717) is 41.2 Å². The van der Waals surface area contributed by atoms with Gasteiger partial charge in [0.1, 0.15) is 24.2 Å². The van der Waals surface area contributed by atoms with Crippen molar-refractivity contribution < 1.29 is 24.2 Å². The lowest BCUT2D eigenvalue weighted by Gasteiger charge is -2.33. The minimum atomic E-state index is -0.928. The molecule has 0 unspecified atom stereocenters. The van der Waals surface area contributed by atoms with Crippen LogP contribution in [-0.4, -0.2) is 47.9 Å². The number of carboxylic acid groups (broad SMARTS) is 1. The first-order valence-electron chi connectivity index (χ1n) is 12.3. The lowest BCUT2D eigenvalue weighted by atomic mass is 10.1. The number of benzene rings is 3. The molecule has 7 heteroatoms. The number of nitrogens with zero attached hydrogens (tertiary/aromatic N) is 2. The number of carbonyl (C=O) groups is 2. The number of carbonyl (C=O) groups excluding carboxylic acids is 1. The summed E-state index contributed by atoms with van der Waals surface area (Å²) in [6.07, 6.45) is -0.261. The molecule has 7 nitrogen and oxygen atoms in total. The van der Waals surface area contributed by atoms with Crippen LogP contribution in [0.1, 0.15) is 32.7 Å². The predicted molar refractivity (Wildman–Crippen MR) is 143 cm³/mol. The van der Waals surface area contributed by atoms with Gasteiger partial charge in [0.05, 0.1) is 24.2 Å². The summed E-state index contributed by atoms with van der Waals surface area (Å²) in [6.45, 7) is 6.81. The van der Waals surface area contributed by atoms with Crippen molar-refractivity contribution in [3.05, 3.63) is 88.6 Å². The molecule has 3 aromatic carbocycles. The summed E-state index contributed by atoms with van der Waals surface area (Å²) in [5.74, 6) is 0.397. The number of fused-ring (bicyclic) bond motifs is 2. The molecule has 1 aliphatic heterocycles. The van der Waals surface area contributed by atoms with Gasteiger partial charge in [0.15, 0.2) is 0 Å². The van der Waals surface area contributed by atoms with Gasteiger partial charge in [-0.15, -0.1) is 0 Å². The van der Waals surface area contributed by atoms with Gasteiger partial charge >= 0.3 is 5.97 Å². The zero-order valence-electron chi connectivity index (χ0n) is 21.4. The normalized spacial score (nSPS) is 14.8. The molecular formula is C30H30N2O5. The van der Waals surface area contributed by atoms with Crippen molar-refractivity contribution in [3.8, 4) is 11.5 Å². The molecule has 0 radical (unpaired) electrons. The second-order valence-corrected chi connectivity index (χ2v) is 9.67. The summed E-state index contributed by atoms with van der Waals surface area (Å²) < 4.78 is 13.9. The number of para-hydroxylation sites is 1. The Morgan fingerprint density at radius 1 is 1.05 bits per heavy atom. The van der Waals surface area contributed by atoms with Crippen LogP contribution in [0, 0.1) is 20.8 Å². The highest BCUT2D eigenvalue weighted by atomic mass is 16.5. The molecule has 5 rings (SSSR count). The van der Waals surface area contributed by atoms with Gasteiger partial charge in [0.25, 0.3) is 5.91 Å². The second-order valence-electron chi connectivity index (χ2n) is 9.67. The Labute approximate surface area is 215 Å². The van der Waals surface area contributed by atoms with E-state index in [2.05, 4.69) is 17.0 Å². The molecule has 37 heavy (non-hydrogen) atoms. The van der Waals surface area contributed by atoms with Crippen molar-refractivity contribution in [2.75, 3.05) is 25.1 Å². The predicted octanol–water partition coefficient (Wildman–Crippen LogP) is 5.16. The van der Waals surface area contributed by atoms with Gasteiger partial charge < -0.3 is 19.5 Å². The average molecular weight is 499 g/mol. The number of likely N-dealkylation sites (N-methyl/N-ethyl adjacent to an activating group) is 1. The van der Waals surface area contributed by atoms with E-state index in [1.807, 2.05) is 57.3 Å². The van der Waals surface area contributed by atoms with Gasteiger partial charge in [-0.05, 0) is 73.9 Å². The zero-order chi connectivity index (χ0) is 26.3. The lowest BCUT2D eigenvalue weighted by Crippen LogP contribution is -2.41. The fraction of sp³-hybridized carbons (Fsp3) is 0.267. The van der Waals surface area contributed by atoms with Crippen molar-refractivity contribution in [2.45, 2.75) is 33.3 Å². The Balaban J connectivity index is 1.35. The van der Waals surface area contributed by atoms with Crippen molar-refractivity contribution in [1.29, 1.82) is 0 Å². The third kappa shape index (κ3) is 4.65. The third-order valence-electron chi connectivity index (χ3n) is 6.94. The van der Waals surface area contributed by atoms with Crippen molar-refractivity contribution in [1.82, 2.24) is 4.57 Å². The van der Waals surface area contributed by atoms with Gasteiger partial charge in [0.2, 0.25) is 0 Å². The zero-order valence-corrected chi connectivity index (χ0v) is 21.4. The molecule has 1 aliphatic rings. The molecule has 1 aromatic heterocycles. The molecule has 0 spiro atoms. The van der Waals surface area contributed by atoms with Crippen molar-refractivity contribution in [3.63, 3.8) is 0 Å². The third-order valence-corrected chi connectivity index (χ3v) is 6.94. The Kier molecular flexibility index (Phi) is 6.38. The summed E-state index contributed by atoms with van der Waals surface area (Å²) in [5.41, 5.74) is 5.53. The number of anilines is 1. The topological polar surface area (TPSA) is 81.0 Å². The number of hydrogen-bond acceptors (Lipinski definition) is 5. The van der Waals surface area contributed by atoms with Crippen LogP contribution in [-0.2, 0) is 11.2 Å². The quantitative estimate of drug-likeness (QED) is 0.396. The van der Waals surface area contributed by atoms with E-state index >= 15 is 0 Å². The van der Waals surface area contributed by atoms with E-state index in [4.69, 9.17) is 9.47 Å². The highest BCUT2D eigenvalue weighted by Crippen LogP contribution is 2.34. The molecule has 4 aromatic rings. The van der Waals surface area contributed by atoms with Crippen LogP contribution in [0.4, 0.5) is 5.69 Å². The molecule has 0 bridgehead atoms. The molecular weight excluding hydrogens is 468 g/mol. The van der Waals surface area contributed by atoms with Gasteiger partial charge in [0, 0.05) is 23.7 Å². The largest absolute Gasteiger partial charge is 0.490 e. The number of ether oxygens (including phenoxy) is 2. The highest BCUT2D eigenvalue weighted by Gasteiger charge is 2.25. The number of aromatic nitrogens is 1. The van der Waals surface area contributed by atoms with Gasteiger partial charge in [-0.2, -0.15) is 0 Å². The fourth-order valence-corrected chi connectivity index (χ4v) is 5.08. The number of hydrogen-bond donors (Lipinski definition) is 1. The van der Waals surface area contributed by atoms with Crippen LogP contribution in [0.5, 0.6) is 11.5 Å². The lowest BCUT2D eigenvalue weighted by molar-refractivity contribution is -0.136. The van der Waals surface area contributed by atoms with Crippen LogP contribution in [0.2, 0.25) is 0 Å². The van der Waals surface area contributed by atoms with Gasteiger partial charge in [-0.25, -0.2) is 0 Å². The summed E-state index contributed by atoms with van der Waals surface area (Å²) in [5, 5.41) is 10.2. The summed E-state index contributed by atoms with van der Waals surface area (Å²) in [6, 6.07) is 19.0. The molecule has 0 saturated heterocycles. The average Bonchev–Trinajstić information content (AvgIpc) is 3.13. The number of aryl methyl sites for hydroxylation is 2. The standard InChI is InChI=1S/C30H30N2O5/c1-18-9-12-27-28(13-18)37-22(16-31(27)4)17-36-21-10-11-23(19(2)14-21)30(35)32-20(3)25(15-29(33)34)24-7-5-6-8-26(24)32/h5-14,22H,15-17H2,1-4H3,(H,33,34)/t22-/m0/s1. The van der Waals surface area contributed by atoms with Crippen molar-refractivity contribution >= 4 is 28.5 Å². The maximum atomic E-state index is 13.6. The number of rotatable bonds is 6. The van der Waals surface area contributed by atoms with E-state index in [0.717, 1.165) is 28.0 Å². The summed E-state index contributed by atoms with van der Waals surface area (Å²) in [7, 11) is 2.04. The maximum Gasteiger partial charge on any atom is 0.307 e. The molecule has 2 heterocycles. The molecule has 0 amide bonds. The van der Waals surface area contributed by atoms with E-state index in [1.165, 1.54) is 0 Å². The van der Waals surface area contributed by atoms with Crippen LogP contribution in [0.25, 0.3) is 10.9 Å². The molecule has 1 N–H and O–H groups in total.